The van der Waals surface area contributed by atoms with Gasteiger partial charge in [0.25, 0.3) is 0 Å². The van der Waals surface area contributed by atoms with E-state index in [0.29, 0.717) is 5.56 Å². The average molecular weight is 231 g/mol. The van der Waals surface area contributed by atoms with Gasteiger partial charge < -0.3 is 10.3 Å². The van der Waals surface area contributed by atoms with E-state index in [0.717, 1.165) is 24.5 Å². The van der Waals surface area contributed by atoms with Crippen molar-refractivity contribution in [1.82, 2.24) is 15.3 Å². The van der Waals surface area contributed by atoms with Crippen molar-refractivity contribution in [2.45, 2.75) is 18.9 Å². The number of hydrogen-bond donors (Lipinski definition) is 2. The fourth-order valence-electron chi connectivity index (χ4n) is 2.25. The molecule has 0 radical (unpaired) electrons. The summed E-state index contributed by atoms with van der Waals surface area (Å²) in [6.07, 6.45) is 3.96. The van der Waals surface area contributed by atoms with Crippen LogP contribution in [0.15, 0.2) is 30.5 Å². The predicted molar refractivity (Wildman–Crippen MR) is 64.0 cm³/mol. The molecule has 0 amide bonds. The molecular formula is C13H14FN3. The molecule has 17 heavy (non-hydrogen) atoms. The Morgan fingerprint density at radius 3 is 2.94 bits per heavy atom. The maximum Gasteiger partial charge on any atom is 0.132 e. The third kappa shape index (κ3) is 1.96. The van der Waals surface area contributed by atoms with Crippen LogP contribution in [0.1, 0.15) is 24.7 Å². The minimum absolute atomic E-state index is 0.220. The van der Waals surface area contributed by atoms with Crippen LogP contribution in [0, 0.1) is 5.82 Å². The standard InChI is InChI=1S/C13H14FN3/c14-10-5-2-1-4-9(10)12-8-16-13(17-12)11-6-3-7-15-11/h1-2,4-5,8,11,15H,3,6-7H2,(H,16,17). The van der Waals surface area contributed by atoms with Crippen LogP contribution in [0.25, 0.3) is 11.3 Å². The largest absolute Gasteiger partial charge is 0.341 e. The minimum Gasteiger partial charge on any atom is -0.341 e. The van der Waals surface area contributed by atoms with Crippen LogP contribution in [0.2, 0.25) is 0 Å². The first-order valence-corrected chi connectivity index (χ1v) is 5.88. The molecule has 4 heteroatoms. The van der Waals surface area contributed by atoms with E-state index in [4.69, 9.17) is 0 Å². The molecule has 0 aliphatic carbocycles. The molecule has 2 heterocycles. The lowest BCUT2D eigenvalue weighted by Crippen LogP contribution is -2.14. The molecule has 1 aromatic carbocycles. The topological polar surface area (TPSA) is 40.7 Å². The SMILES string of the molecule is Fc1ccccc1-c1cnc(C2CCCN2)[nH]1. The van der Waals surface area contributed by atoms with Crippen LogP contribution in [-0.2, 0) is 0 Å². The van der Waals surface area contributed by atoms with E-state index >= 15 is 0 Å². The van der Waals surface area contributed by atoms with Gasteiger partial charge in [0.05, 0.1) is 17.9 Å². The Balaban J connectivity index is 1.92. The zero-order valence-electron chi connectivity index (χ0n) is 9.41. The predicted octanol–water partition coefficient (Wildman–Crippen LogP) is 2.64. The van der Waals surface area contributed by atoms with Crippen molar-refractivity contribution < 1.29 is 4.39 Å². The van der Waals surface area contributed by atoms with Crippen LogP contribution in [-0.4, -0.2) is 16.5 Å². The number of aromatic amines is 1. The summed E-state index contributed by atoms with van der Waals surface area (Å²) in [7, 11) is 0. The van der Waals surface area contributed by atoms with E-state index in [1.807, 2.05) is 6.07 Å². The van der Waals surface area contributed by atoms with Crippen LogP contribution < -0.4 is 5.32 Å². The number of hydrogen-bond acceptors (Lipinski definition) is 2. The Labute approximate surface area is 99.1 Å². The van der Waals surface area contributed by atoms with E-state index < -0.39 is 0 Å². The van der Waals surface area contributed by atoms with Gasteiger partial charge >= 0.3 is 0 Å². The second-order valence-corrected chi connectivity index (χ2v) is 4.31. The Morgan fingerprint density at radius 2 is 2.18 bits per heavy atom. The second-order valence-electron chi connectivity index (χ2n) is 4.31. The monoisotopic (exact) mass is 231 g/mol. The van der Waals surface area contributed by atoms with Gasteiger partial charge in [-0.25, -0.2) is 9.37 Å². The Bertz CT molecular complexity index is 515. The number of imidazole rings is 1. The molecule has 1 atom stereocenters. The van der Waals surface area contributed by atoms with E-state index in [1.165, 1.54) is 12.5 Å². The minimum atomic E-state index is -0.220. The van der Waals surface area contributed by atoms with Crippen LogP contribution in [0.3, 0.4) is 0 Å². The first-order chi connectivity index (χ1) is 8.34. The van der Waals surface area contributed by atoms with E-state index in [9.17, 15) is 4.39 Å². The Morgan fingerprint density at radius 1 is 1.29 bits per heavy atom. The number of nitrogens with one attached hydrogen (secondary N) is 2. The molecule has 0 saturated carbocycles. The van der Waals surface area contributed by atoms with E-state index in [-0.39, 0.29) is 11.9 Å². The second kappa shape index (κ2) is 4.30. The first kappa shape index (κ1) is 10.5. The maximum absolute atomic E-state index is 13.6. The summed E-state index contributed by atoms with van der Waals surface area (Å²) in [6, 6.07) is 7.02. The first-order valence-electron chi connectivity index (χ1n) is 5.88. The summed E-state index contributed by atoms with van der Waals surface area (Å²) in [5.74, 6) is 0.683. The fourth-order valence-corrected chi connectivity index (χ4v) is 2.25. The summed E-state index contributed by atoms with van der Waals surface area (Å²) in [5.41, 5.74) is 1.32. The van der Waals surface area contributed by atoms with Crippen LogP contribution in [0.5, 0.6) is 0 Å². The smallest absolute Gasteiger partial charge is 0.132 e. The number of halogens is 1. The normalized spacial score (nSPS) is 19.7. The van der Waals surface area contributed by atoms with E-state index in [1.54, 1.807) is 18.3 Å². The number of nitrogens with zero attached hydrogens (tertiary/aromatic N) is 1. The van der Waals surface area contributed by atoms with Gasteiger partial charge in [0, 0.05) is 5.56 Å². The Hall–Kier alpha value is -1.68. The van der Waals surface area contributed by atoms with Crippen molar-refractivity contribution >= 4 is 0 Å². The Kier molecular flexibility index (Phi) is 2.65. The number of H-pyrrole nitrogens is 1. The molecule has 1 fully saturated rings. The van der Waals surface area contributed by atoms with Gasteiger partial charge in [-0.1, -0.05) is 12.1 Å². The molecule has 88 valence electrons. The van der Waals surface area contributed by atoms with Crippen molar-refractivity contribution in [1.29, 1.82) is 0 Å². The van der Waals surface area contributed by atoms with Gasteiger partial charge in [-0.15, -0.1) is 0 Å². The van der Waals surface area contributed by atoms with Crippen molar-refractivity contribution in [3.05, 3.63) is 42.1 Å². The van der Waals surface area contributed by atoms with Crippen molar-refractivity contribution in [3.8, 4) is 11.3 Å². The van der Waals surface area contributed by atoms with Gasteiger partial charge in [0.2, 0.25) is 0 Å². The summed E-state index contributed by atoms with van der Waals surface area (Å²) >= 11 is 0. The maximum atomic E-state index is 13.6. The molecule has 0 bridgehead atoms. The highest BCUT2D eigenvalue weighted by molar-refractivity contribution is 5.59. The lowest BCUT2D eigenvalue weighted by Gasteiger charge is -2.05. The van der Waals surface area contributed by atoms with Crippen molar-refractivity contribution in [2.75, 3.05) is 6.54 Å². The molecule has 2 N–H and O–H groups in total. The van der Waals surface area contributed by atoms with Crippen LogP contribution in [0.4, 0.5) is 4.39 Å². The molecule has 1 saturated heterocycles. The lowest BCUT2D eigenvalue weighted by molar-refractivity contribution is 0.612. The summed E-state index contributed by atoms with van der Waals surface area (Å²) < 4.78 is 13.6. The highest BCUT2D eigenvalue weighted by Crippen LogP contribution is 2.25. The number of benzene rings is 1. The molecular weight excluding hydrogens is 217 g/mol. The third-order valence-corrected chi connectivity index (χ3v) is 3.15. The molecule has 3 rings (SSSR count). The summed E-state index contributed by atoms with van der Waals surface area (Å²) in [6.45, 7) is 1.03. The number of aromatic nitrogens is 2. The highest BCUT2D eigenvalue weighted by atomic mass is 19.1. The molecule has 1 aliphatic heterocycles. The van der Waals surface area contributed by atoms with Crippen LogP contribution >= 0.6 is 0 Å². The molecule has 3 nitrogen and oxygen atoms in total. The summed E-state index contributed by atoms with van der Waals surface area (Å²) in [4.78, 5) is 7.53. The molecule has 2 aromatic rings. The fraction of sp³-hybridized carbons (Fsp3) is 0.308. The average Bonchev–Trinajstić information content (AvgIpc) is 3.00. The van der Waals surface area contributed by atoms with Gasteiger partial charge in [0.15, 0.2) is 0 Å². The molecule has 0 spiro atoms. The van der Waals surface area contributed by atoms with Gasteiger partial charge in [-0.05, 0) is 31.5 Å². The zero-order valence-corrected chi connectivity index (χ0v) is 9.41. The van der Waals surface area contributed by atoms with Gasteiger partial charge in [-0.2, -0.15) is 0 Å². The zero-order chi connectivity index (χ0) is 11.7. The lowest BCUT2D eigenvalue weighted by atomic mass is 10.1. The number of rotatable bonds is 2. The quantitative estimate of drug-likeness (QED) is 0.834. The van der Waals surface area contributed by atoms with Gasteiger partial charge in [0.1, 0.15) is 11.6 Å². The molecule has 1 unspecified atom stereocenters. The van der Waals surface area contributed by atoms with Crippen molar-refractivity contribution in [2.24, 2.45) is 0 Å². The third-order valence-electron chi connectivity index (χ3n) is 3.15. The van der Waals surface area contributed by atoms with Crippen molar-refractivity contribution in [3.63, 3.8) is 0 Å². The highest BCUT2D eigenvalue weighted by Gasteiger charge is 2.19. The molecule has 1 aromatic heterocycles. The summed E-state index contributed by atoms with van der Waals surface area (Å²) in [5, 5.41) is 3.36. The van der Waals surface area contributed by atoms with Gasteiger partial charge in [-0.3, -0.25) is 0 Å². The van der Waals surface area contributed by atoms with E-state index in [2.05, 4.69) is 15.3 Å². The molecule has 1 aliphatic rings.